The standard InChI is InChI=1S/C20H25NO4/c1-5-15-10-11-19(16(6-2)12-15)25-13-17-14(3)8-7-9-18(17)21(23)20(22)24-4/h7-12,23H,5-6,13H2,1-4H3. The second-order valence-electron chi connectivity index (χ2n) is 5.79. The summed E-state index contributed by atoms with van der Waals surface area (Å²) in [6, 6.07) is 11.5. The molecule has 25 heavy (non-hydrogen) atoms. The molecule has 1 N–H and O–H groups in total. The maximum absolute atomic E-state index is 11.6. The Balaban J connectivity index is 2.28. The second kappa shape index (κ2) is 8.53. The van der Waals surface area contributed by atoms with Crippen molar-refractivity contribution in [2.75, 3.05) is 12.2 Å². The number of carbonyl (C=O) groups is 1. The number of carbonyl (C=O) groups excluding carboxylic acids is 1. The van der Waals surface area contributed by atoms with Crippen molar-refractivity contribution < 1.29 is 19.5 Å². The Bertz CT molecular complexity index is 742. The van der Waals surface area contributed by atoms with E-state index >= 15 is 0 Å². The second-order valence-corrected chi connectivity index (χ2v) is 5.79. The first-order chi connectivity index (χ1) is 12.0. The minimum absolute atomic E-state index is 0.245. The molecule has 0 aromatic heterocycles. The third-order valence-corrected chi connectivity index (χ3v) is 4.25. The van der Waals surface area contributed by atoms with Crippen LogP contribution in [0.4, 0.5) is 10.5 Å². The van der Waals surface area contributed by atoms with Crippen molar-refractivity contribution in [2.45, 2.75) is 40.2 Å². The molecule has 2 rings (SSSR count). The van der Waals surface area contributed by atoms with Crippen LogP contribution in [0.3, 0.4) is 0 Å². The maximum Gasteiger partial charge on any atom is 0.438 e. The molecule has 134 valence electrons. The molecule has 0 unspecified atom stereocenters. The van der Waals surface area contributed by atoms with Crippen LogP contribution >= 0.6 is 0 Å². The zero-order valence-electron chi connectivity index (χ0n) is 15.2. The Labute approximate surface area is 148 Å². The average Bonchev–Trinajstić information content (AvgIpc) is 2.65. The lowest BCUT2D eigenvalue weighted by atomic mass is 10.1. The van der Waals surface area contributed by atoms with Crippen molar-refractivity contribution in [3.05, 3.63) is 58.7 Å². The van der Waals surface area contributed by atoms with Crippen molar-refractivity contribution in [2.24, 2.45) is 0 Å². The molecule has 0 aliphatic rings. The van der Waals surface area contributed by atoms with Crippen molar-refractivity contribution >= 4 is 11.8 Å². The lowest BCUT2D eigenvalue weighted by Crippen LogP contribution is -2.28. The van der Waals surface area contributed by atoms with Crippen LogP contribution in [0.1, 0.15) is 36.1 Å². The van der Waals surface area contributed by atoms with Crippen molar-refractivity contribution in [3.63, 3.8) is 0 Å². The maximum atomic E-state index is 11.6. The van der Waals surface area contributed by atoms with E-state index in [1.807, 2.05) is 19.1 Å². The number of hydrogen-bond donors (Lipinski definition) is 1. The molecule has 0 saturated heterocycles. The topological polar surface area (TPSA) is 59.0 Å². The van der Waals surface area contributed by atoms with E-state index in [1.54, 1.807) is 12.1 Å². The van der Waals surface area contributed by atoms with Gasteiger partial charge in [0, 0.05) is 5.56 Å². The summed E-state index contributed by atoms with van der Waals surface area (Å²) in [6.45, 7) is 6.37. The van der Waals surface area contributed by atoms with Gasteiger partial charge in [0.25, 0.3) is 0 Å². The smallest absolute Gasteiger partial charge is 0.438 e. The van der Waals surface area contributed by atoms with Gasteiger partial charge in [0.15, 0.2) is 0 Å². The number of nitrogens with zero attached hydrogens (tertiary/aromatic N) is 1. The highest BCUT2D eigenvalue weighted by Gasteiger charge is 2.19. The molecule has 5 heteroatoms. The number of anilines is 1. The predicted octanol–water partition coefficient (Wildman–Crippen LogP) is 4.66. The lowest BCUT2D eigenvalue weighted by Gasteiger charge is -2.20. The summed E-state index contributed by atoms with van der Waals surface area (Å²) in [5.74, 6) is 0.816. The van der Waals surface area contributed by atoms with E-state index < -0.39 is 6.09 Å². The molecule has 0 atom stereocenters. The fraction of sp³-hybridized carbons (Fsp3) is 0.350. The van der Waals surface area contributed by atoms with E-state index in [4.69, 9.17) is 4.74 Å². The van der Waals surface area contributed by atoms with Gasteiger partial charge in [-0.2, -0.15) is 5.06 Å². The molecular formula is C20H25NO4. The number of ether oxygens (including phenoxy) is 2. The van der Waals surface area contributed by atoms with Crippen LogP contribution in [0.5, 0.6) is 5.75 Å². The Kier molecular flexibility index (Phi) is 6.42. The summed E-state index contributed by atoms with van der Waals surface area (Å²) in [5, 5.41) is 10.6. The Morgan fingerprint density at radius 1 is 1.16 bits per heavy atom. The van der Waals surface area contributed by atoms with Gasteiger partial charge < -0.3 is 9.47 Å². The van der Waals surface area contributed by atoms with E-state index in [1.165, 1.54) is 12.7 Å². The number of hydroxylamine groups is 1. The molecule has 0 radical (unpaired) electrons. The number of rotatable bonds is 6. The highest BCUT2D eigenvalue weighted by molar-refractivity contribution is 5.86. The first-order valence-corrected chi connectivity index (χ1v) is 8.41. The van der Waals surface area contributed by atoms with Crippen LogP contribution in [0.25, 0.3) is 0 Å². The molecule has 5 nitrogen and oxygen atoms in total. The lowest BCUT2D eigenvalue weighted by molar-refractivity contribution is 0.140. The van der Waals surface area contributed by atoms with E-state index in [0.29, 0.717) is 10.8 Å². The van der Waals surface area contributed by atoms with Crippen molar-refractivity contribution in [3.8, 4) is 5.75 Å². The van der Waals surface area contributed by atoms with Gasteiger partial charge in [0.2, 0.25) is 0 Å². The number of amides is 1. The predicted molar refractivity (Wildman–Crippen MR) is 97.4 cm³/mol. The molecule has 2 aromatic rings. The molecular weight excluding hydrogens is 318 g/mol. The molecule has 1 amide bonds. The zero-order chi connectivity index (χ0) is 18.4. The minimum atomic E-state index is -0.839. The van der Waals surface area contributed by atoms with Crippen LogP contribution in [0.2, 0.25) is 0 Å². The fourth-order valence-electron chi connectivity index (χ4n) is 2.68. The average molecular weight is 343 g/mol. The first-order valence-electron chi connectivity index (χ1n) is 8.41. The van der Waals surface area contributed by atoms with Crippen molar-refractivity contribution in [1.29, 1.82) is 0 Å². The molecule has 0 fully saturated rings. The first kappa shape index (κ1) is 18.8. The van der Waals surface area contributed by atoms with Gasteiger partial charge in [0.05, 0.1) is 12.8 Å². The summed E-state index contributed by atoms with van der Waals surface area (Å²) >= 11 is 0. The number of hydrogen-bond acceptors (Lipinski definition) is 4. The third kappa shape index (κ3) is 4.31. The van der Waals surface area contributed by atoms with Crippen LogP contribution in [0, 0.1) is 6.92 Å². The highest BCUT2D eigenvalue weighted by atomic mass is 16.6. The molecule has 0 bridgehead atoms. The molecule has 0 aliphatic carbocycles. The zero-order valence-corrected chi connectivity index (χ0v) is 15.2. The van der Waals surface area contributed by atoms with E-state index in [-0.39, 0.29) is 6.61 Å². The SMILES string of the molecule is CCc1ccc(OCc2c(C)cccc2N(O)C(=O)OC)c(CC)c1. The summed E-state index contributed by atoms with van der Waals surface area (Å²) in [6.07, 6.45) is 1.01. The van der Waals surface area contributed by atoms with E-state index in [0.717, 1.165) is 35.3 Å². The molecule has 0 aliphatic heterocycles. The Hall–Kier alpha value is -2.53. The quantitative estimate of drug-likeness (QED) is 0.612. The van der Waals surface area contributed by atoms with Crippen LogP contribution in [-0.2, 0) is 24.2 Å². The van der Waals surface area contributed by atoms with Crippen LogP contribution in [-0.4, -0.2) is 18.4 Å². The van der Waals surface area contributed by atoms with Gasteiger partial charge in [-0.1, -0.05) is 38.1 Å². The summed E-state index contributed by atoms with van der Waals surface area (Å²) in [5.41, 5.74) is 4.42. The third-order valence-electron chi connectivity index (χ3n) is 4.25. The van der Waals surface area contributed by atoms with Crippen LogP contribution in [0.15, 0.2) is 36.4 Å². The number of benzene rings is 2. The summed E-state index contributed by atoms with van der Waals surface area (Å²) < 4.78 is 10.6. The number of methoxy groups -OCH3 is 1. The van der Waals surface area contributed by atoms with Gasteiger partial charge >= 0.3 is 6.09 Å². The van der Waals surface area contributed by atoms with Gasteiger partial charge in [0.1, 0.15) is 12.4 Å². The summed E-state index contributed by atoms with van der Waals surface area (Å²) in [7, 11) is 1.22. The Morgan fingerprint density at radius 3 is 2.56 bits per heavy atom. The number of aryl methyl sites for hydroxylation is 3. The highest BCUT2D eigenvalue weighted by Crippen LogP contribution is 2.27. The van der Waals surface area contributed by atoms with E-state index in [2.05, 4.69) is 30.7 Å². The van der Waals surface area contributed by atoms with Crippen molar-refractivity contribution in [1.82, 2.24) is 0 Å². The largest absolute Gasteiger partial charge is 0.489 e. The monoisotopic (exact) mass is 343 g/mol. The fourth-order valence-corrected chi connectivity index (χ4v) is 2.68. The van der Waals surface area contributed by atoms with Gasteiger partial charge in [-0.25, -0.2) is 4.79 Å². The minimum Gasteiger partial charge on any atom is -0.489 e. The van der Waals surface area contributed by atoms with Gasteiger partial charge in [-0.15, -0.1) is 0 Å². The summed E-state index contributed by atoms with van der Waals surface area (Å²) in [4.78, 5) is 11.6. The Morgan fingerprint density at radius 2 is 1.92 bits per heavy atom. The molecule has 0 heterocycles. The van der Waals surface area contributed by atoms with Gasteiger partial charge in [-0.05, 0) is 48.6 Å². The normalized spacial score (nSPS) is 10.4. The van der Waals surface area contributed by atoms with E-state index in [9.17, 15) is 10.0 Å². The van der Waals surface area contributed by atoms with Crippen LogP contribution < -0.4 is 9.80 Å². The van der Waals surface area contributed by atoms with Gasteiger partial charge in [-0.3, -0.25) is 5.21 Å². The molecule has 2 aromatic carbocycles. The molecule has 0 spiro atoms. The molecule has 0 saturated carbocycles.